The summed E-state index contributed by atoms with van der Waals surface area (Å²) in [6.07, 6.45) is 2.14. The van der Waals surface area contributed by atoms with Gasteiger partial charge in [-0.05, 0) is 19.3 Å². The van der Waals surface area contributed by atoms with Crippen LogP contribution in [0.2, 0.25) is 0 Å². The van der Waals surface area contributed by atoms with E-state index in [1.54, 1.807) is 6.92 Å². The predicted molar refractivity (Wildman–Crippen MR) is 87.0 cm³/mol. The first-order valence-electron chi connectivity index (χ1n) is 8.06. The molecule has 0 aliphatic heterocycles. The molecule has 0 saturated carbocycles. The zero-order chi connectivity index (χ0) is 17.9. The Morgan fingerprint density at radius 3 is 2.67 bits per heavy atom. The van der Waals surface area contributed by atoms with E-state index in [4.69, 9.17) is 4.74 Å². The molecule has 0 aliphatic carbocycles. The Balaban J connectivity index is 2.56. The maximum Gasteiger partial charge on any atom is 0.306 e. The smallest absolute Gasteiger partial charge is 0.306 e. The Morgan fingerprint density at radius 2 is 2.08 bits per heavy atom. The monoisotopic (exact) mass is 339 g/mol. The van der Waals surface area contributed by atoms with Crippen LogP contribution < -0.4 is 5.32 Å². The van der Waals surface area contributed by atoms with Crippen LogP contribution in [0.4, 0.5) is 5.82 Å². The van der Waals surface area contributed by atoms with Crippen molar-refractivity contribution in [3.8, 4) is 0 Å². The minimum atomic E-state index is -0.415. The van der Waals surface area contributed by atoms with Crippen molar-refractivity contribution in [2.75, 3.05) is 25.0 Å². The quantitative estimate of drug-likeness (QED) is 0.653. The first-order valence-corrected chi connectivity index (χ1v) is 8.06. The molecule has 1 heterocycles. The van der Waals surface area contributed by atoms with Crippen molar-refractivity contribution in [2.24, 2.45) is 5.92 Å². The lowest BCUT2D eigenvalue weighted by Gasteiger charge is -2.22. The van der Waals surface area contributed by atoms with Gasteiger partial charge in [0.25, 0.3) is 0 Å². The number of hydrogen-bond donors (Lipinski definition) is 1. The van der Waals surface area contributed by atoms with Gasteiger partial charge in [0, 0.05) is 19.0 Å². The standard InChI is InChI=1S/C16H25N3O5/c1-4-23-16(22)6-5-15(21)19(9-7-12(2)3)11-14(20)17-13-8-10-24-18-13/h8,10,12H,4-7,9,11H2,1-3H3,(H,17,18,20). The van der Waals surface area contributed by atoms with Crippen LogP contribution in [0.15, 0.2) is 16.9 Å². The summed E-state index contributed by atoms with van der Waals surface area (Å²) >= 11 is 0. The molecule has 134 valence electrons. The first kappa shape index (κ1) is 19.7. The highest BCUT2D eigenvalue weighted by Gasteiger charge is 2.19. The van der Waals surface area contributed by atoms with E-state index in [1.807, 2.05) is 13.8 Å². The summed E-state index contributed by atoms with van der Waals surface area (Å²) in [5.74, 6) is -0.343. The van der Waals surface area contributed by atoms with Gasteiger partial charge in [-0.2, -0.15) is 0 Å². The number of rotatable bonds is 10. The van der Waals surface area contributed by atoms with E-state index in [0.717, 1.165) is 6.42 Å². The molecule has 1 aromatic heterocycles. The molecule has 1 N–H and O–H groups in total. The van der Waals surface area contributed by atoms with E-state index >= 15 is 0 Å². The van der Waals surface area contributed by atoms with Crippen LogP contribution in [0.3, 0.4) is 0 Å². The third-order valence-corrected chi connectivity index (χ3v) is 3.22. The zero-order valence-electron chi connectivity index (χ0n) is 14.4. The van der Waals surface area contributed by atoms with Crippen LogP contribution in [0.5, 0.6) is 0 Å². The molecule has 0 spiro atoms. The summed E-state index contributed by atoms with van der Waals surface area (Å²) in [7, 11) is 0. The number of aromatic nitrogens is 1. The largest absolute Gasteiger partial charge is 0.466 e. The van der Waals surface area contributed by atoms with Gasteiger partial charge >= 0.3 is 5.97 Å². The fourth-order valence-electron chi connectivity index (χ4n) is 1.94. The number of esters is 1. The number of amides is 2. The normalized spacial score (nSPS) is 10.5. The number of hydrogen-bond acceptors (Lipinski definition) is 6. The maximum atomic E-state index is 12.3. The Kier molecular flexibility index (Phi) is 8.53. The molecule has 1 aromatic rings. The fraction of sp³-hybridized carbons (Fsp3) is 0.625. The lowest BCUT2D eigenvalue weighted by Crippen LogP contribution is -2.39. The second-order valence-corrected chi connectivity index (χ2v) is 5.74. The van der Waals surface area contributed by atoms with Crippen LogP contribution in [-0.4, -0.2) is 47.5 Å². The average Bonchev–Trinajstić information content (AvgIpc) is 3.02. The summed E-state index contributed by atoms with van der Waals surface area (Å²) in [4.78, 5) is 37.2. The second-order valence-electron chi connectivity index (χ2n) is 5.74. The Labute approximate surface area is 141 Å². The second kappa shape index (κ2) is 10.4. The number of ether oxygens (including phenoxy) is 1. The number of nitrogens with zero attached hydrogens (tertiary/aromatic N) is 2. The van der Waals surface area contributed by atoms with Gasteiger partial charge in [0.1, 0.15) is 6.26 Å². The fourth-order valence-corrected chi connectivity index (χ4v) is 1.94. The topological polar surface area (TPSA) is 102 Å². The third kappa shape index (κ3) is 7.75. The molecule has 2 amide bonds. The molecule has 0 aromatic carbocycles. The Bertz CT molecular complexity index is 528. The van der Waals surface area contributed by atoms with Gasteiger partial charge in [-0.25, -0.2) is 0 Å². The number of carbonyl (C=O) groups excluding carboxylic acids is 3. The van der Waals surface area contributed by atoms with E-state index < -0.39 is 5.97 Å². The zero-order valence-corrected chi connectivity index (χ0v) is 14.4. The minimum Gasteiger partial charge on any atom is -0.466 e. The van der Waals surface area contributed by atoms with Gasteiger partial charge in [-0.15, -0.1) is 0 Å². The first-order chi connectivity index (χ1) is 11.4. The van der Waals surface area contributed by atoms with Crippen molar-refractivity contribution in [1.82, 2.24) is 10.1 Å². The van der Waals surface area contributed by atoms with E-state index in [1.165, 1.54) is 17.2 Å². The number of carbonyl (C=O) groups is 3. The van der Waals surface area contributed by atoms with Crippen molar-refractivity contribution >= 4 is 23.6 Å². The molecule has 0 radical (unpaired) electrons. The van der Waals surface area contributed by atoms with Crippen molar-refractivity contribution < 1.29 is 23.6 Å². The van der Waals surface area contributed by atoms with Crippen LogP contribution in [0.1, 0.15) is 40.0 Å². The molecule has 8 nitrogen and oxygen atoms in total. The van der Waals surface area contributed by atoms with Crippen molar-refractivity contribution in [2.45, 2.75) is 40.0 Å². The molecule has 0 unspecified atom stereocenters. The van der Waals surface area contributed by atoms with Gasteiger partial charge in [0.05, 0.1) is 19.6 Å². The summed E-state index contributed by atoms with van der Waals surface area (Å²) in [5, 5.41) is 6.14. The lowest BCUT2D eigenvalue weighted by molar-refractivity contribution is -0.145. The van der Waals surface area contributed by atoms with Crippen LogP contribution >= 0.6 is 0 Å². The SMILES string of the molecule is CCOC(=O)CCC(=O)N(CCC(C)C)CC(=O)Nc1ccon1. The molecule has 0 saturated heterocycles. The maximum absolute atomic E-state index is 12.3. The molecule has 8 heteroatoms. The molecule has 0 fully saturated rings. The van der Waals surface area contributed by atoms with Crippen molar-refractivity contribution in [3.05, 3.63) is 12.3 Å². The van der Waals surface area contributed by atoms with Gasteiger partial charge in [-0.1, -0.05) is 19.0 Å². The van der Waals surface area contributed by atoms with Crippen LogP contribution in [0.25, 0.3) is 0 Å². The number of anilines is 1. The highest BCUT2D eigenvalue weighted by molar-refractivity contribution is 5.94. The molecule has 0 bridgehead atoms. The van der Waals surface area contributed by atoms with Crippen molar-refractivity contribution in [1.29, 1.82) is 0 Å². The minimum absolute atomic E-state index is 0.00968. The number of nitrogens with one attached hydrogen (secondary N) is 1. The molecule has 1 rings (SSSR count). The summed E-state index contributed by atoms with van der Waals surface area (Å²) in [6.45, 7) is 6.42. The van der Waals surface area contributed by atoms with E-state index in [2.05, 4.69) is 15.0 Å². The molecular formula is C16H25N3O5. The molecule has 24 heavy (non-hydrogen) atoms. The average molecular weight is 339 g/mol. The molecule has 0 aliphatic rings. The van der Waals surface area contributed by atoms with Crippen LogP contribution in [0, 0.1) is 5.92 Å². The third-order valence-electron chi connectivity index (χ3n) is 3.22. The van der Waals surface area contributed by atoms with Gasteiger partial charge < -0.3 is 19.5 Å². The van der Waals surface area contributed by atoms with E-state index in [-0.39, 0.29) is 37.8 Å². The van der Waals surface area contributed by atoms with Crippen LogP contribution in [-0.2, 0) is 19.1 Å². The van der Waals surface area contributed by atoms with E-state index in [0.29, 0.717) is 18.3 Å². The summed E-state index contributed by atoms with van der Waals surface area (Å²) < 4.78 is 9.45. The summed E-state index contributed by atoms with van der Waals surface area (Å²) in [5.41, 5.74) is 0. The van der Waals surface area contributed by atoms with Crippen molar-refractivity contribution in [3.63, 3.8) is 0 Å². The van der Waals surface area contributed by atoms with Gasteiger partial charge in [-0.3, -0.25) is 14.4 Å². The Morgan fingerprint density at radius 1 is 1.33 bits per heavy atom. The van der Waals surface area contributed by atoms with Gasteiger partial charge in [0.2, 0.25) is 11.8 Å². The predicted octanol–water partition coefficient (Wildman–Crippen LogP) is 1.83. The highest BCUT2D eigenvalue weighted by atomic mass is 16.5. The molecule has 0 atom stereocenters. The summed E-state index contributed by atoms with van der Waals surface area (Å²) in [6, 6.07) is 1.51. The Hall–Kier alpha value is -2.38. The lowest BCUT2D eigenvalue weighted by atomic mass is 10.1. The molecular weight excluding hydrogens is 314 g/mol. The van der Waals surface area contributed by atoms with E-state index in [9.17, 15) is 14.4 Å². The highest BCUT2D eigenvalue weighted by Crippen LogP contribution is 2.07. The van der Waals surface area contributed by atoms with Gasteiger partial charge in [0.15, 0.2) is 5.82 Å².